The highest BCUT2D eigenvalue weighted by Crippen LogP contribution is 2.60. The molecule has 0 saturated heterocycles. The topological polar surface area (TPSA) is 40.5 Å². The second kappa shape index (κ2) is 9.10. The van der Waals surface area contributed by atoms with Crippen molar-refractivity contribution in [3.05, 3.63) is 35.4 Å². The summed E-state index contributed by atoms with van der Waals surface area (Å²) in [5.41, 5.74) is 2.40. The highest BCUT2D eigenvalue weighted by molar-refractivity contribution is 5.36. The van der Waals surface area contributed by atoms with Gasteiger partial charge in [0.2, 0.25) is 0 Å². The third-order valence-electron chi connectivity index (χ3n) is 8.14. The molecule has 0 spiro atoms. The highest BCUT2D eigenvalue weighted by Gasteiger charge is 2.50. The molecule has 5 unspecified atom stereocenters. The maximum absolute atomic E-state index is 10.1. The van der Waals surface area contributed by atoms with Crippen molar-refractivity contribution >= 4 is 0 Å². The lowest BCUT2D eigenvalue weighted by Crippen LogP contribution is -2.36. The monoisotopic (exact) mass is 403 g/mol. The summed E-state index contributed by atoms with van der Waals surface area (Å²) in [6, 6.07) is 0.414. The lowest BCUT2D eigenvalue weighted by atomic mass is 9.60. The van der Waals surface area contributed by atoms with Gasteiger partial charge in [-0.1, -0.05) is 56.5 Å². The van der Waals surface area contributed by atoms with Crippen molar-refractivity contribution in [2.24, 2.45) is 23.2 Å². The minimum Gasteiger partial charge on any atom is -0.393 e. The second-order valence-electron chi connectivity index (χ2n) is 11.0. The largest absolute Gasteiger partial charge is 0.393 e. The molecule has 29 heavy (non-hydrogen) atoms. The van der Waals surface area contributed by atoms with E-state index < -0.39 is 11.7 Å². The van der Waals surface area contributed by atoms with Gasteiger partial charge in [0.15, 0.2) is 0 Å². The van der Waals surface area contributed by atoms with Crippen LogP contribution in [-0.2, 0) is 0 Å². The Labute approximate surface area is 183 Å². The van der Waals surface area contributed by atoms with E-state index in [-0.39, 0.29) is 11.9 Å². The molecule has 5 atom stereocenters. The summed E-state index contributed by atoms with van der Waals surface area (Å²) in [6.07, 6.45) is 12.0. The molecule has 3 aliphatic carbocycles. The summed E-state index contributed by atoms with van der Waals surface area (Å²) < 4.78 is 24.4. The molecular weight excluding hydrogens is 356 g/mol. The Bertz CT molecular complexity index is 772. The van der Waals surface area contributed by atoms with Crippen LogP contribution in [0.5, 0.6) is 0 Å². The predicted octanol–water partition coefficient (Wildman–Crippen LogP) is 6.73. The van der Waals surface area contributed by atoms with Gasteiger partial charge < -0.3 is 10.2 Å². The van der Waals surface area contributed by atoms with Crippen LogP contribution in [0.25, 0.3) is 0 Å². The van der Waals surface area contributed by atoms with Crippen molar-refractivity contribution < 1.29 is 14.3 Å². The summed E-state index contributed by atoms with van der Waals surface area (Å²) >= 11 is 0. The smallest absolute Gasteiger partial charge is 0.0626 e. The molecule has 3 aliphatic rings. The number of aliphatic hydroxyl groups is 2. The van der Waals surface area contributed by atoms with Gasteiger partial charge in [0.05, 0.1) is 15.8 Å². The van der Waals surface area contributed by atoms with Gasteiger partial charge in [0.1, 0.15) is 0 Å². The van der Waals surface area contributed by atoms with Gasteiger partial charge in [-0.3, -0.25) is 0 Å². The van der Waals surface area contributed by atoms with Crippen LogP contribution in [0, 0.1) is 23.2 Å². The second-order valence-corrected chi connectivity index (χ2v) is 11.0. The molecule has 2 heteroatoms. The number of aliphatic hydroxyl groups excluding tert-OH is 1. The van der Waals surface area contributed by atoms with Gasteiger partial charge in [0, 0.05) is 0 Å². The average molecular weight is 404 g/mol. The van der Waals surface area contributed by atoms with Crippen LogP contribution in [0.1, 0.15) is 102 Å². The molecular formula is C27H44O2. The molecule has 0 aromatic rings. The van der Waals surface area contributed by atoms with Gasteiger partial charge in [-0.2, -0.15) is 0 Å². The minimum absolute atomic E-state index is 0.204. The first kappa shape index (κ1) is 18.9. The molecule has 0 bridgehead atoms. The number of rotatable bonds is 6. The molecule has 0 heterocycles. The zero-order chi connectivity index (χ0) is 23.7. The quantitative estimate of drug-likeness (QED) is 0.516. The van der Waals surface area contributed by atoms with E-state index in [1.165, 1.54) is 24.8 Å². The van der Waals surface area contributed by atoms with E-state index in [1.54, 1.807) is 0 Å². The first-order valence-electron chi connectivity index (χ1n) is 13.4. The van der Waals surface area contributed by atoms with Crippen molar-refractivity contribution in [3.8, 4) is 0 Å². The Morgan fingerprint density at radius 3 is 2.86 bits per heavy atom. The third kappa shape index (κ3) is 5.44. The van der Waals surface area contributed by atoms with Crippen molar-refractivity contribution in [1.29, 1.82) is 0 Å². The Balaban J connectivity index is 1.79. The molecule has 2 N–H and O–H groups in total. The summed E-state index contributed by atoms with van der Waals surface area (Å²) in [5.74, 6) is 1.82. The molecule has 0 aromatic heterocycles. The predicted molar refractivity (Wildman–Crippen MR) is 123 cm³/mol. The van der Waals surface area contributed by atoms with Crippen molar-refractivity contribution in [2.75, 3.05) is 0 Å². The van der Waals surface area contributed by atoms with Gasteiger partial charge >= 0.3 is 0 Å². The zero-order valence-corrected chi connectivity index (χ0v) is 19.1. The Morgan fingerprint density at radius 1 is 1.34 bits per heavy atom. The van der Waals surface area contributed by atoms with E-state index in [4.69, 9.17) is 4.11 Å². The number of allylic oxidation sites excluding steroid dienone is 4. The van der Waals surface area contributed by atoms with E-state index >= 15 is 0 Å². The summed E-state index contributed by atoms with van der Waals surface area (Å²) in [6.45, 7) is 8.44. The van der Waals surface area contributed by atoms with Crippen LogP contribution in [0.3, 0.4) is 0 Å². The molecule has 164 valence electrons. The lowest BCUT2D eigenvalue weighted by molar-refractivity contribution is 0.0596. The van der Waals surface area contributed by atoms with Crippen LogP contribution in [0.15, 0.2) is 35.4 Å². The first-order chi connectivity index (χ1) is 14.9. The van der Waals surface area contributed by atoms with E-state index in [0.717, 1.165) is 32.1 Å². The first-order valence-corrected chi connectivity index (χ1v) is 11.9. The van der Waals surface area contributed by atoms with Crippen LogP contribution in [0.2, 0.25) is 0 Å². The van der Waals surface area contributed by atoms with Gasteiger partial charge in [-0.25, -0.2) is 0 Å². The highest BCUT2D eigenvalue weighted by atomic mass is 16.3. The lowest BCUT2D eigenvalue weighted by Gasteiger charge is -2.44. The van der Waals surface area contributed by atoms with Crippen molar-refractivity contribution in [2.45, 2.75) is 110 Å². The maximum atomic E-state index is 10.1. The van der Waals surface area contributed by atoms with Gasteiger partial charge in [0.25, 0.3) is 0 Å². The molecule has 0 amide bonds. The zero-order valence-electron chi connectivity index (χ0n) is 22.1. The Morgan fingerprint density at radius 2 is 2.14 bits per heavy atom. The summed E-state index contributed by atoms with van der Waals surface area (Å²) in [7, 11) is 0. The molecule has 0 aromatic carbocycles. The standard InChI is InChI=1S/C27H44O2/c1-19-10-13-23(28)18-22(19)12-11-21-9-7-17-27(5)24(14-15-25(21)27)20(2)8-6-16-26(3,4)29/h11-12,20,23-25,28-29H,1,6-10,13-18H2,2-5H3/b21-11+,22-12+/i1D2,12D. The van der Waals surface area contributed by atoms with Gasteiger partial charge in [-0.05, 0) is 100 Å². The fourth-order valence-corrected chi connectivity index (χ4v) is 6.49. The van der Waals surface area contributed by atoms with E-state index in [2.05, 4.69) is 13.8 Å². The minimum atomic E-state index is -0.585. The number of hydrogen-bond acceptors (Lipinski definition) is 2. The van der Waals surface area contributed by atoms with Crippen LogP contribution in [0.4, 0.5) is 0 Å². The number of hydrogen-bond donors (Lipinski definition) is 2. The number of fused-ring (bicyclic) bond motifs is 1. The Kier molecular flexibility index (Phi) is 5.92. The maximum Gasteiger partial charge on any atom is 0.0626 e. The van der Waals surface area contributed by atoms with Crippen LogP contribution < -0.4 is 0 Å². The van der Waals surface area contributed by atoms with E-state index in [9.17, 15) is 10.2 Å². The Hall–Kier alpha value is -0.860. The average Bonchev–Trinajstić information content (AvgIpc) is 3.04. The third-order valence-corrected chi connectivity index (χ3v) is 8.14. The van der Waals surface area contributed by atoms with E-state index in [1.807, 2.05) is 19.9 Å². The fourth-order valence-electron chi connectivity index (χ4n) is 6.49. The van der Waals surface area contributed by atoms with E-state index in [0.29, 0.717) is 54.2 Å². The van der Waals surface area contributed by atoms with Crippen LogP contribution >= 0.6 is 0 Å². The normalized spacial score (nSPS) is 38.8. The van der Waals surface area contributed by atoms with Crippen molar-refractivity contribution in [1.82, 2.24) is 0 Å². The molecule has 0 aliphatic heterocycles. The summed E-state index contributed by atoms with van der Waals surface area (Å²) in [5, 5.41) is 20.2. The SMILES string of the molecule is [2H]C([2H])=C1CCC(O)C/C1=C([2H])\C=C1/CCCC2(C)C1CCC2C(C)CCCC(C)(C)O. The van der Waals surface area contributed by atoms with Crippen LogP contribution in [-0.4, -0.2) is 21.9 Å². The molecule has 3 rings (SSSR count). The summed E-state index contributed by atoms with van der Waals surface area (Å²) in [4.78, 5) is 0. The molecule has 0 radical (unpaired) electrons. The van der Waals surface area contributed by atoms with Crippen molar-refractivity contribution in [3.63, 3.8) is 0 Å². The molecule has 3 fully saturated rings. The molecule has 2 nitrogen and oxygen atoms in total. The van der Waals surface area contributed by atoms with Gasteiger partial charge in [-0.15, -0.1) is 0 Å². The molecule has 3 saturated carbocycles. The fraction of sp³-hybridized carbons (Fsp3) is 0.778.